The van der Waals surface area contributed by atoms with Gasteiger partial charge in [0.25, 0.3) is 0 Å². The average molecular weight is 269 g/mol. The zero-order valence-electron chi connectivity index (χ0n) is 10.9. The molecule has 0 unspecified atom stereocenters. The normalized spacial score (nSPS) is 12.5. The quantitative estimate of drug-likeness (QED) is 0.874. The summed E-state index contributed by atoms with van der Waals surface area (Å²) >= 11 is 0. The zero-order valence-corrected chi connectivity index (χ0v) is 11.7. The molecule has 0 atom stereocenters. The lowest BCUT2D eigenvalue weighted by atomic mass is 9.84. The minimum Gasteiger partial charge on any atom is -0.273 e. The van der Waals surface area contributed by atoms with Crippen molar-refractivity contribution in [1.82, 2.24) is 9.03 Å². The van der Waals surface area contributed by atoms with Crippen molar-refractivity contribution in [2.24, 2.45) is 0 Å². The molecule has 0 aliphatic carbocycles. The lowest BCUT2D eigenvalue weighted by Gasteiger charge is -2.24. The third-order valence-electron chi connectivity index (χ3n) is 2.70. The van der Waals surface area contributed by atoms with E-state index in [1.54, 1.807) is 38.1 Å². The summed E-state index contributed by atoms with van der Waals surface area (Å²) in [6.07, 6.45) is 0. The Morgan fingerprint density at radius 2 is 2.00 bits per heavy atom. The van der Waals surface area contributed by atoms with Gasteiger partial charge in [0.2, 0.25) is 5.91 Å². The van der Waals surface area contributed by atoms with Crippen LogP contribution in [-0.2, 0) is 20.4 Å². The number of carbonyl (C=O) groups excluding carboxylic acids is 1. The monoisotopic (exact) mass is 269 g/mol. The van der Waals surface area contributed by atoms with Gasteiger partial charge in [-0.3, -0.25) is 4.79 Å². The first kappa shape index (κ1) is 14.7. The number of rotatable bonds is 4. The van der Waals surface area contributed by atoms with Crippen LogP contribution in [0.4, 0.5) is 0 Å². The lowest BCUT2D eigenvalue weighted by molar-refractivity contribution is -0.123. The van der Waals surface area contributed by atoms with E-state index in [0.29, 0.717) is 5.56 Å². The van der Waals surface area contributed by atoms with Crippen LogP contribution in [0.15, 0.2) is 24.3 Å². The molecule has 1 aromatic rings. The summed E-state index contributed by atoms with van der Waals surface area (Å²) in [5.41, 5.74) is -0.239. The highest BCUT2D eigenvalue weighted by Crippen LogP contribution is 2.23. The number of nitrogens with zero attached hydrogens (tertiary/aromatic N) is 1. The number of carbonyl (C=O) groups is 1. The molecule has 99 valence electrons. The van der Waals surface area contributed by atoms with Crippen LogP contribution < -0.4 is 4.72 Å². The summed E-state index contributed by atoms with van der Waals surface area (Å²) in [5, 5.41) is 0. The molecule has 1 radical (unpaired) electrons. The number of amides is 1. The van der Waals surface area contributed by atoms with Crippen molar-refractivity contribution in [2.75, 3.05) is 14.1 Å². The Balaban J connectivity index is 2.98. The molecule has 0 bridgehead atoms. The van der Waals surface area contributed by atoms with E-state index in [1.807, 2.05) is 4.72 Å². The van der Waals surface area contributed by atoms with Gasteiger partial charge < -0.3 is 0 Å². The van der Waals surface area contributed by atoms with Gasteiger partial charge in [0.15, 0.2) is 0 Å². The molecule has 6 heteroatoms. The second-order valence-corrected chi connectivity index (χ2v) is 6.52. The van der Waals surface area contributed by atoms with Gasteiger partial charge >= 0.3 is 10.2 Å². The van der Waals surface area contributed by atoms with Crippen LogP contribution in [-0.4, -0.2) is 32.7 Å². The molecule has 0 saturated carbocycles. The summed E-state index contributed by atoms with van der Waals surface area (Å²) in [4.78, 5) is 12.1. The highest BCUT2D eigenvalue weighted by atomic mass is 32.2. The van der Waals surface area contributed by atoms with Crippen LogP contribution in [0.25, 0.3) is 0 Å². The fourth-order valence-electron chi connectivity index (χ4n) is 1.25. The molecule has 18 heavy (non-hydrogen) atoms. The van der Waals surface area contributed by atoms with Crippen molar-refractivity contribution in [2.45, 2.75) is 19.3 Å². The minimum atomic E-state index is -3.76. The van der Waals surface area contributed by atoms with Crippen LogP contribution in [0, 0.1) is 6.07 Å². The van der Waals surface area contributed by atoms with Crippen LogP contribution in [0.3, 0.4) is 0 Å². The average Bonchev–Trinajstić information content (AvgIpc) is 2.29. The number of hydrogen-bond acceptors (Lipinski definition) is 3. The Kier molecular flexibility index (Phi) is 4.13. The molecule has 0 saturated heterocycles. The number of benzene rings is 1. The first-order chi connectivity index (χ1) is 8.18. The molecule has 1 N–H and O–H groups in total. The molecule has 1 aromatic carbocycles. The molecule has 0 heterocycles. The van der Waals surface area contributed by atoms with E-state index >= 15 is 0 Å². The molecule has 0 fully saturated rings. The molecule has 0 aromatic heterocycles. The van der Waals surface area contributed by atoms with Crippen LogP contribution >= 0.6 is 0 Å². The fourth-order valence-corrected chi connectivity index (χ4v) is 1.92. The van der Waals surface area contributed by atoms with Gasteiger partial charge in [-0.25, -0.2) is 4.72 Å². The predicted octanol–water partition coefficient (Wildman–Crippen LogP) is 0.687. The standard InChI is InChI=1S/C12H17N2O3S/c1-12(2,10-8-6-5-7-9-10)11(15)13-18(16,17)14(3)4/h5-6,8-9H,1-4H3,(H,13,15). The molecular formula is C12H17N2O3S. The maximum Gasteiger partial charge on any atom is 0.303 e. The summed E-state index contributed by atoms with van der Waals surface area (Å²) in [5.74, 6) is -0.573. The van der Waals surface area contributed by atoms with Crippen LogP contribution in [0.1, 0.15) is 19.4 Å². The van der Waals surface area contributed by atoms with Crippen LogP contribution in [0.5, 0.6) is 0 Å². The van der Waals surface area contributed by atoms with Gasteiger partial charge in [0.1, 0.15) is 0 Å². The third-order valence-corrected chi connectivity index (χ3v) is 4.10. The van der Waals surface area contributed by atoms with E-state index < -0.39 is 21.5 Å². The third kappa shape index (κ3) is 3.08. The molecule has 0 spiro atoms. The Labute approximate surface area is 108 Å². The Bertz CT molecular complexity index is 522. The van der Waals surface area contributed by atoms with E-state index in [1.165, 1.54) is 14.1 Å². The van der Waals surface area contributed by atoms with E-state index in [4.69, 9.17) is 0 Å². The van der Waals surface area contributed by atoms with Crippen molar-refractivity contribution in [1.29, 1.82) is 0 Å². The summed E-state index contributed by atoms with van der Waals surface area (Å²) in [7, 11) is -1.04. The van der Waals surface area contributed by atoms with Gasteiger partial charge in [-0.1, -0.05) is 24.3 Å². The van der Waals surface area contributed by atoms with Gasteiger partial charge in [-0.05, 0) is 25.5 Å². The molecule has 0 aliphatic heterocycles. The first-order valence-corrected chi connectivity index (χ1v) is 6.83. The van der Waals surface area contributed by atoms with Crippen molar-refractivity contribution < 1.29 is 13.2 Å². The smallest absolute Gasteiger partial charge is 0.273 e. The summed E-state index contributed by atoms with van der Waals surface area (Å²) < 4.78 is 26.2. The van der Waals surface area contributed by atoms with E-state index in [9.17, 15) is 13.2 Å². The summed E-state index contributed by atoms with van der Waals surface area (Å²) in [6.45, 7) is 3.33. The van der Waals surface area contributed by atoms with Crippen molar-refractivity contribution in [3.05, 3.63) is 35.9 Å². The second-order valence-electron chi connectivity index (χ2n) is 4.64. The highest BCUT2D eigenvalue weighted by molar-refractivity contribution is 7.87. The zero-order chi connectivity index (χ0) is 14.0. The molecule has 1 rings (SSSR count). The van der Waals surface area contributed by atoms with Gasteiger partial charge in [-0.15, -0.1) is 0 Å². The van der Waals surface area contributed by atoms with Crippen molar-refractivity contribution in [3.8, 4) is 0 Å². The van der Waals surface area contributed by atoms with E-state index in [-0.39, 0.29) is 0 Å². The predicted molar refractivity (Wildman–Crippen MR) is 69.1 cm³/mol. The lowest BCUT2D eigenvalue weighted by Crippen LogP contribution is -2.47. The number of hydrogen-bond donors (Lipinski definition) is 1. The van der Waals surface area contributed by atoms with Gasteiger partial charge in [0, 0.05) is 14.1 Å². The van der Waals surface area contributed by atoms with E-state index in [0.717, 1.165) is 4.31 Å². The molecular weight excluding hydrogens is 252 g/mol. The Hall–Kier alpha value is -1.40. The maximum absolute atomic E-state index is 12.1. The Morgan fingerprint density at radius 1 is 1.39 bits per heavy atom. The van der Waals surface area contributed by atoms with Crippen molar-refractivity contribution >= 4 is 16.1 Å². The molecule has 1 amide bonds. The van der Waals surface area contributed by atoms with Crippen LogP contribution in [0.2, 0.25) is 0 Å². The molecule has 5 nitrogen and oxygen atoms in total. The number of nitrogens with one attached hydrogen (secondary N) is 1. The SMILES string of the molecule is CN(C)S(=O)(=O)NC(=O)C(C)(C)c1c[c]ccc1. The first-order valence-electron chi connectivity index (χ1n) is 5.39. The maximum atomic E-state index is 12.1. The topological polar surface area (TPSA) is 66.5 Å². The van der Waals surface area contributed by atoms with Crippen molar-refractivity contribution in [3.63, 3.8) is 0 Å². The molecule has 0 aliphatic rings. The Morgan fingerprint density at radius 3 is 2.44 bits per heavy atom. The van der Waals surface area contributed by atoms with E-state index in [2.05, 4.69) is 6.07 Å². The van der Waals surface area contributed by atoms with Gasteiger partial charge in [0.05, 0.1) is 5.41 Å². The largest absolute Gasteiger partial charge is 0.303 e. The second kappa shape index (κ2) is 5.07. The minimum absolute atomic E-state index is 0.573. The van der Waals surface area contributed by atoms with Gasteiger partial charge in [-0.2, -0.15) is 12.7 Å². The fraction of sp³-hybridized carbons (Fsp3) is 0.417. The summed E-state index contributed by atoms with van der Waals surface area (Å²) in [6, 6.07) is 9.77. The highest BCUT2D eigenvalue weighted by Gasteiger charge is 2.33.